The molecule has 0 radical (unpaired) electrons. The summed E-state index contributed by atoms with van der Waals surface area (Å²) >= 11 is 0. The number of hydrogen-bond acceptors (Lipinski definition) is 5. The second-order valence-corrected chi connectivity index (χ2v) is 7.72. The summed E-state index contributed by atoms with van der Waals surface area (Å²) in [6.07, 6.45) is -0.467. The van der Waals surface area contributed by atoms with Crippen molar-refractivity contribution < 1.29 is 23.6 Å². The zero-order valence-corrected chi connectivity index (χ0v) is 17.3. The summed E-state index contributed by atoms with van der Waals surface area (Å²) in [5, 5.41) is 0. The summed E-state index contributed by atoms with van der Waals surface area (Å²) in [7, 11) is -0.530. The number of carbonyl (C=O) groups is 1. The number of hydrogen-bond donors (Lipinski definition) is 0. The highest BCUT2D eigenvalue weighted by Gasteiger charge is 2.44. The Bertz CT molecular complexity index is 752. The fourth-order valence-corrected chi connectivity index (χ4v) is 3.42. The minimum atomic E-state index is -0.588. The van der Waals surface area contributed by atoms with E-state index in [4.69, 9.17) is 18.8 Å². The normalized spacial score (nSPS) is 20.2. The lowest BCUT2D eigenvalue weighted by Gasteiger charge is -2.26. The minimum absolute atomic E-state index is 0.0312. The van der Waals surface area contributed by atoms with Crippen LogP contribution in [0.1, 0.15) is 32.8 Å². The molecule has 0 spiro atoms. The predicted octanol–water partition coefficient (Wildman–Crippen LogP) is 3.36. The molecule has 5 nitrogen and oxygen atoms in total. The molecule has 0 aliphatic carbocycles. The van der Waals surface area contributed by atoms with E-state index >= 15 is 0 Å². The molecule has 1 saturated heterocycles. The molecule has 0 saturated carbocycles. The van der Waals surface area contributed by atoms with Crippen molar-refractivity contribution in [2.24, 2.45) is 5.92 Å². The fourth-order valence-electron chi connectivity index (χ4n) is 3.42. The van der Waals surface area contributed by atoms with Gasteiger partial charge in [0.2, 0.25) is 0 Å². The van der Waals surface area contributed by atoms with E-state index in [0.717, 1.165) is 11.0 Å². The van der Waals surface area contributed by atoms with Gasteiger partial charge in [0.25, 0.3) is 0 Å². The molecule has 29 heavy (non-hydrogen) atoms. The van der Waals surface area contributed by atoms with E-state index in [1.165, 1.54) is 0 Å². The highest BCUT2D eigenvalue weighted by atomic mass is 16.7. The van der Waals surface area contributed by atoms with E-state index in [2.05, 4.69) is 13.8 Å². The van der Waals surface area contributed by atoms with Crippen LogP contribution in [0.5, 0.6) is 0 Å². The Morgan fingerprint density at radius 3 is 2.31 bits per heavy atom. The lowest BCUT2D eigenvalue weighted by atomic mass is 9.79. The molecule has 0 aromatic heterocycles. The molecule has 3 atom stereocenters. The Hall–Kier alpha value is -1.99. The summed E-state index contributed by atoms with van der Waals surface area (Å²) in [5.74, 6) is 0.221. The molecule has 0 bridgehead atoms. The van der Waals surface area contributed by atoms with E-state index in [1.54, 1.807) is 6.92 Å². The molecule has 3 rings (SSSR count). The summed E-state index contributed by atoms with van der Waals surface area (Å²) in [6.45, 7) is 6.42. The van der Waals surface area contributed by atoms with Crippen LogP contribution < -0.4 is 5.46 Å². The number of ether oxygens (including phenoxy) is 2. The average Bonchev–Trinajstić information content (AvgIpc) is 3.16. The van der Waals surface area contributed by atoms with Gasteiger partial charge in [-0.1, -0.05) is 74.5 Å². The van der Waals surface area contributed by atoms with Crippen molar-refractivity contribution in [3.63, 3.8) is 0 Å². The van der Waals surface area contributed by atoms with Gasteiger partial charge in [-0.05, 0) is 23.9 Å². The van der Waals surface area contributed by atoms with Crippen molar-refractivity contribution in [2.75, 3.05) is 6.79 Å². The van der Waals surface area contributed by atoms with Crippen LogP contribution in [-0.4, -0.2) is 38.0 Å². The molecule has 1 fully saturated rings. The van der Waals surface area contributed by atoms with Crippen LogP contribution in [0.25, 0.3) is 0 Å². The Balaban J connectivity index is 1.55. The Labute approximate surface area is 173 Å². The maximum atomic E-state index is 12.1. The molecule has 154 valence electrons. The Morgan fingerprint density at radius 1 is 1.03 bits per heavy atom. The molecule has 1 aliphatic rings. The molecule has 1 heterocycles. The van der Waals surface area contributed by atoms with Crippen molar-refractivity contribution in [3.05, 3.63) is 66.2 Å². The SMILES string of the molecule is CC(=O)[C@@H]1OB(c2ccccc2)O[C@H]1C[C@H](OCOCc1ccccc1)C(C)C. The van der Waals surface area contributed by atoms with E-state index < -0.39 is 13.2 Å². The fraction of sp³-hybridized carbons (Fsp3) is 0.435. The maximum Gasteiger partial charge on any atom is 0.494 e. The van der Waals surface area contributed by atoms with Crippen LogP contribution in [0, 0.1) is 5.92 Å². The minimum Gasteiger partial charge on any atom is -0.401 e. The van der Waals surface area contributed by atoms with Gasteiger partial charge in [-0.2, -0.15) is 0 Å². The number of carbonyl (C=O) groups excluding carboxylic acids is 1. The lowest BCUT2D eigenvalue weighted by molar-refractivity contribution is -0.129. The topological polar surface area (TPSA) is 54.0 Å². The van der Waals surface area contributed by atoms with E-state index in [9.17, 15) is 4.79 Å². The summed E-state index contributed by atoms with van der Waals surface area (Å²) < 4.78 is 23.7. The van der Waals surface area contributed by atoms with Gasteiger partial charge >= 0.3 is 7.12 Å². The van der Waals surface area contributed by atoms with Crippen molar-refractivity contribution in [1.82, 2.24) is 0 Å². The van der Waals surface area contributed by atoms with Crippen LogP contribution in [0.4, 0.5) is 0 Å². The second kappa shape index (κ2) is 10.7. The van der Waals surface area contributed by atoms with Crippen molar-refractivity contribution in [3.8, 4) is 0 Å². The first-order valence-electron chi connectivity index (χ1n) is 10.1. The third-order valence-corrected chi connectivity index (χ3v) is 5.06. The zero-order valence-electron chi connectivity index (χ0n) is 17.3. The van der Waals surface area contributed by atoms with Gasteiger partial charge in [0.15, 0.2) is 5.78 Å². The Kier molecular flexibility index (Phi) is 8.01. The number of rotatable bonds is 10. The number of Topliss-reactive ketones (excluding diaryl/α,β-unsaturated/α-hetero) is 1. The molecular weight excluding hydrogens is 367 g/mol. The summed E-state index contributed by atoms with van der Waals surface area (Å²) in [6, 6.07) is 19.7. The van der Waals surface area contributed by atoms with Crippen LogP contribution in [0.3, 0.4) is 0 Å². The number of benzene rings is 2. The van der Waals surface area contributed by atoms with Crippen LogP contribution in [0.2, 0.25) is 0 Å². The van der Waals surface area contributed by atoms with Crippen LogP contribution in [-0.2, 0) is 30.2 Å². The molecule has 0 unspecified atom stereocenters. The number of ketones is 1. The largest absolute Gasteiger partial charge is 0.494 e. The lowest BCUT2D eigenvalue weighted by Crippen LogP contribution is -2.35. The maximum absolute atomic E-state index is 12.1. The summed E-state index contributed by atoms with van der Waals surface area (Å²) in [4.78, 5) is 12.1. The van der Waals surface area contributed by atoms with Crippen molar-refractivity contribution in [2.45, 2.75) is 52.1 Å². The van der Waals surface area contributed by atoms with Crippen LogP contribution in [0.15, 0.2) is 60.7 Å². The van der Waals surface area contributed by atoms with Gasteiger partial charge in [-0.15, -0.1) is 0 Å². The first-order valence-corrected chi connectivity index (χ1v) is 10.1. The quantitative estimate of drug-likeness (QED) is 0.350. The first-order chi connectivity index (χ1) is 14.0. The highest BCUT2D eigenvalue weighted by Crippen LogP contribution is 2.25. The summed E-state index contributed by atoms with van der Waals surface area (Å²) in [5.41, 5.74) is 2.02. The van der Waals surface area contributed by atoms with Crippen molar-refractivity contribution >= 4 is 18.4 Å². The predicted molar refractivity (Wildman–Crippen MR) is 113 cm³/mol. The average molecular weight is 396 g/mol. The van der Waals surface area contributed by atoms with Crippen LogP contribution >= 0.6 is 0 Å². The molecule has 0 amide bonds. The van der Waals surface area contributed by atoms with Gasteiger partial charge in [0.05, 0.1) is 18.8 Å². The van der Waals surface area contributed by atoms with Gasteiger partial charge in [-0.25, -0.2) is 0 Å². The second-order valence-electron chi connectivity index (χ2n) is 7.72. The molecule has 2 aromatic carbocycles. The standard InChI is InChI=1S/C23H29BO5/c1-17(2)21(27-16-26-15-19-10-6-4-7-11-19)14-22-23(18(3)25)29-24(28-22)20-12-8-5-9-13-20/h4-13,17,21-23H,14-16H2,1-3H3/t21-,22-,23-/m0/s1. The molecule has 0 N–H and O–H groups in total. The third-order valence-electron chi connectivity index (χ3n) is 5.06. The van der Waals surface area contributed by atoms with Gasteiger partial charge in [-0.3, -0.25) is 4.79 Å². The van der Waals surface area contributed by atoms with Gasteiger partial charge in [0, 0.05) is 6.42 Å². The van der Waals surface area contributed by atoms with E-state index in [0.29, 0.717) is 13.0 Å². The van der Waals surface area contributed by atoms with Gasteiger partial charge < -0.3 is 18.8 Å². The van der Waals surface area contributed by atoms with E-state index in [-0.39, 0.29) is 30.7 Å². The van der Waals surface area contributed by atoms with E-state index in [1.807, 2.05) is 60.7 Å². The monoisotopic (exact) mass is 396 g/mol. The Morgan fingerprint density at radius 2 is 1.69 bits per heavy atom. The molecular formula is C23H29BO5. The van der Waals surface area contributed by atoms with Gasteiger partial charge in [0.1, 0.15) is 12.9 Å². The molecule has 6 heteroatoms. The first kappa shape index (κ1) is 21.7. The molecule has 2 aromatic rings. The molecule has 1 aliphatic heterocycles. The van der Waals surface area contributed by atoms with Crippen molar-refractivity contribution in [1.29, 1.82) is 0 Å². The highest BCUT2D eigenvalue weighted by molar-refractivity contribution is 6.62. The zero-order chi connectivity index (χ0) is 20.6. The smallest absolute Gasteiger partial charge is 0.401 e. The third kappa shape index (κ3) is 6.24.